The summed E-state index contributed by atoms with van der Waals surface area (Å²) in [6.45, 7) is 8.75. The Morgan fingerprint density at radius 3 is 2.15 bits per heavy atom. The van der Waals surface area contributed by atoms with Crippen LogP contribution in [0.2, 0.25) is 0 Å². The van der Waals surface area contributed by atoms with Gasteiger partial charge in [0.25, 0.3) is 0 Å². The second kappa shape index (κ2) is 10.9. The first-order chi connectivity index (χ1) is 16.1. The number of nitrogens with zero attached hydrogens (tertiary/aromatic N) is 5. The number of aromatic nitrogens is 3. The lowest BCUT2D eigenvalue weighted by Crippen LogP contribution is -2.47. The standard InChI is InChI=1S/C24H30N6O3/c1-3-32-20-8-10-22(11-9-20)33-21-6-4-19(5-7-21)27-23-25-18(2)26-24(28-23)30-14-12-29(13-15-30)16-17-31/h4-11,31H,3,12-17H2,1-2H3,(H,25,26,27,28). The molecule has 0 saturated carbocycles. The summed E-state index contributed by atoms with van der Waals surface area (Å²) >= 11 is 0. The first-order valence-corrected chi connectivity index (χ1v) is 11.2. The molecule has 0 radical (unpaired) electrons. The predicted molar refractivity (Wildman–Crippen MR) is 128 cm³/mol. The summed E-state index contributed by atoms with van der Waals surface area (Å²) < 4.78 is 11.4. The average Bonchev–Trinajstić information content (AvgIpc) is 2.82. The van der Waals surface area contributed by atoms with E-state index < -0.39 is 0 Å². The summed E-state index contributed by atoms with van der Waals surface area (Å²) in [6, 6.07) is 15.2. The minimum Gasteiger partial charge on any atom is -0.494 e. The van der Waals surface area contributed by atoms with Crippen molar-refractivity contribution in [2.24, 2.45) is 0 Å². The van der Waals surface area contributed by atoms with Gasteiger partial charge in [0, 0.05) is 38.4 Å². The lowest BCUT2D eigenvalue weighted by atomic mass is 10.3. The molecule has 0 atom stereocenters. The maximum Gasteiger partial charge on any atom is 0.232 e. The molecule has 9 heteroatoms. The summed E-state index contributed by atoms with van der Waals surface area (Å²) in [6.07, 6.45) is 0. The zero-order chi connectivity index (χ0) is 23.0. The Labute approximate surface area is 194 Å². The number of hydrogen-bond acceptors (Lipinski definition) is 9. The largest absolute Gasteiger partial charge is 0.494 e. The summed E-state index contributed by atoms with van der Waals surface area (Å²) in [5.74, 6) is 4.15. The Kier molecular flexibility index (Phi) is 7.54. The molecule has 1 aromatic heterocycles. The number of nitrogens with one attached hydrogen (secondary N) is 1. The molecular formula is C24H30N6O3. The summed E-state index contributed by atoms with van der Waals surface area (Å²) in [5.41, 5.74) is 0.860. The molecule has 1 saturated heterocycles. The SMILES string of the molecule is CCOc1ccc(Oc2ccc(Nc3nc(C)nc(N4CCN(CCO)CC4)n3)cc2)cc1. The van der Waals surface area contributed by atoms with E-state index in [0.29, 0.717) is 30.9 Å². The van der Waals surface area contributed by atoms with E-state index in [-0.39, 0.29) is 6.61 Å². The highest BCUT2D eigenvalue weighted by Crippen LogP contribution is 2.26. The fourth-order valence-electron chi connectivity index (χ4n) is 3.62. The molecule has 0 unspecified atom stereocenters. The second-order valence-electron chi connectivity index (χ2n) is 7.71. The molecule has 1 aliphatic heterocycles. The van der Waals surface area contributed by atoms with Crippen LogP contribution in [-0.4, -0.2) is 70.9 Å². The maximum absolute atomic E-state index is 9.12. The normalized spacial score (nSPS) is 14.2. The summed E-state index contributed by atoms with van der Waals surface area (Å²) in [4.78, 5) is 18.0. The third-order valence-corrected chi connectivity index (χ3v) is 5.29. The Morgan fingerprint density at radius 1 is 0.879 bits per heavy atom. The van der Waals surface area contributed by atoms with Gasteiger partial charge in [-0.15, -0.1) is 0 Å². The molecule has 0 spiro atoms. The fraction of sp³-hybridized carbons (Fsp3) is 0.375. The average molecular weight is 451 g/mol. The van der Waals surface area contributed by atoms with Crippen LogP contribution in [0.3, 0.4) is 0 Å². The Balaban J connectivity index is 1.37. The van der Waals surface area contributed by atoms with Gasteiger partial charge in [0.05, 0.1) is 13.2 Å². The minimum absolute atomic E-state index is 0.183. The number of piperazine rings is 1. The zero-order valence-electron chi connectivity index (χ0n) is 19.1. The van der Waals surface area contributed by atoms with E-state index >= 15 is 0 Å². The van der Waals surface area contributed by atoms with Crippen LogP contribution >= 0.6 is 0 Å². The smallest absolute Gasteiger partial charge is 0.232 e. The molecule has 0 amide bonds. The molecule has 1 aliphatic rings. The lowest BCUT2D eigenvalue weighted by molar-refractivity contribution is 0.188. The first-order valence-electron chi connectivity index (χ1n) is 11.2. The molecule has 1 fully saturated rings. The van der Waals surface area contributed by atoms with Gasteiger partial charge < -0.3 is 24.8 Å². The quantitative estimate of drug-likeness (QED) is 0.509. The van der Waals surface area contributed by atoms with Gasteiger partial charge in [-0.1, -0.05) is 0 Å². The van der Waals surface area contributed by atoms with Gasteiger partial charge >= 0.3 is 0 Å². The number of anilines is 3. The molecule has 2 heterocycles. The highest BCUT2D eigenvalue weighted by Gasteiger charge is 2.19. The highest BCUT2D eigenvalue weighted by molar-refractivity contribution is 5.56. The van der Waals surface area contributed by atoms with Crippen molar-refractivity contribution in [1.29, 1.82) is 0 Å². The van der Waals surface area contributed by atoms with Crippen molar-refractivity contribution in [2.45, 2.75) is 13.8 Å². The predicted octanol–water partition coefficient (Wildman–Crippen LogP) is 3.23. The summed E-state index contributed by atoms with van der Waals surface area (Å²) in [7, 11) is 0. The van der Waals surface area contributed by atoms with Crippen LogP contribution in [0.4, 0.5) is 17.6 Å². The number of β-amino-alcohol motifs (C(OH)–C–C–N with tert-alkyl or cyclic N) is 1. The van der Waals surface area contributed by atoms with E-state index in [1.165, 1.54) is 0 Å². The monoisotopic (exact) mass is 450 g/mol. The van der Waals surface area contributed by atoms with Gasteiger partial charge in [-0.25, -0.2) is 0 Å². The van der Waals surface area contributed by atoms with Crippen LogP contribution in [0, 0.1) is 6.92 Å². The number of aliphatic hydroxyl groups is 1. The van der Waals surface area contributed by atoms with Crippen LogP contribution in [0.15, 0.2) is 48.5 Å². The Morgan fingerprint density at radius 2 is 1.52 bits per heavy atom. The van der Waals surface area contributed by atoms with Gasteiger partial charge in [0.15, 0.2) is 0 Å². The van der Waals surface area contributed by atoms with Crippen molar-refractivity contribution in [3.63, 3.8) is 0 Å². The second-order valence-corrected chi connectivity index (χ2v) is 7.71. The lowest BCUT2D eigenvalue weighted by Gasteiger charge is -2.34. The number of ether oxygens (including phenoxy) is 2. The van der Waals surface area contributed by atoms with Crippen molar-refractivity contribution >= 4 is 17.6 Å². The number of aliphatic hydroxyl groups excluding tert-OH is 1. The molecule has 9 nitrogen and oxygen atoms in total. The van der Waals surface area contributed by atoms with Crippen molar-refractivity contribution in [1.82, 2.24) is 19.9 Å². The van der Waals surface area contributed by atoms with E-state index in [1.807, 2.05) is 62.4 Å². The molecule has 33 heavy (non-hydrogen) atoms. The van der Waals surface area contributed by atoms with Crippen molar-refractivity contribution in [3.8, 4) is 17.2 Å². The number of aryl methyl sites for hydroxylation is 1. The fourth-order valence-corrected chi connectivity index (χ4v) is 3.62. The highest BCUT2D eigenvalue weighted by atomic mass is 16.5. The third kappa shape index (κ3) is 6.30. The molecular weight excluding hydrogens is 420 g/mol. The van der Waals surface area contributed by atoms with E-state index in [9.17, 15) is 0 Å². The number of rotatable bonds is 9. The molecule has 0 aliphatic carbocycles. The van der Waals surface area contributed by atoms with Crippen LogP contribution in [0.5, 0.6) is 17.2 Å². The van der Waals surface area contributed by atoms with Crippen LogP contribution in [0.25, 0.3) is 0 Å². The van der Waals surface area contributed by atoms with Gasteiger partial charge in [-0.05, 0) is 62.4 Å². The van der Waals surface area contributed by atoms with Gasteiger partial charge in [-0.3, -0.25) is 4.90 Å². The molecule has 2 aromatic carbocycles. The maximum atomic E-state index is 9.12. The van der Waals surface area contributed by atoms with Gasteiger partial charge in [-0.2, -0.15) is 15.0 Å². The van der Waals surface area contributed by atoms with E-state index in [2.05, 4.69) is 30.1 Å². The minimum atomic E-state index is 0.183. The van der Waals surface area contributed by atoms with E-state index in [1.54, 1.807) is 0 Å². The molecule has 0 bridgehead atoms. The topological polar surface area (TPSA) is 95.9 Å². The molecule has 174 valence electrons. The van der Waals surface area contributed by atoms with Crippen LogP contribution in [-0.2, 0) is 0 Å². The molecule has 4 rings (SSSR count). The Hall–Kier alpha value is -3.43. The first kappa shape index (κ1) is 22.8. The molecule has 2 N–H and O–H groups in total. The number of hydrogen-bond donors (Lipinski definition) is 2. The van der Waals surface area contributed by atoms with Gasteiger partial charge in [0.1, 0.15) is 23.1 Å². The van der Waals surface area contributed by atoms with Crippen LogP contribution in [0.1, 0.15) is 12.7 Å². The van der Waals surface area contributed by atoms with E-state index in [0.717, 1.165) is 49.1 Å². The summed E-state index contributed by atoms with van der Waals surface area (Å²) in [5, 5.41) is 12.4. The van der Waals surface area contributed by atoms with E-state index in [4.69, 9.17) is 14.6 Å². The van der Waals surface area contributed by atoms with Crippen LogP contribution < -0.4 is 19.7 Å². The number of benzene rings is 2. The van der Waals surface area contributed by atoms with Crippen molar-refractivity contribution in [2.75, 3.05) is 56.2 Å². The van der Waals surface area contributed by atoms with Crippen molar-refractivity contribution < 1.29 is 14.6 Å². The zero-order valence-corrected chi connectivity index (χ0v) is 19.1. The molecule has 3 aromatic rings. The van der Waals surface area contributed by atoms with Gasteiger partial charge in [0.2, 0.25) is 11.9 Å². The van der Waals surface area contributed by atoms with Crippen molar-refractivity contribution in [3.05, 3.63) is 54.4 Å². The Bertz CT molecular complexity index is 1020. The third-order valence-electron chi connectivity index (χ3n) is 5.29.